The van der Waals surface area contributed by atoms with Crippen molar-refractivity contribution < 1.29 is 4.74 Å². The summed E-state index contributed by atoms with van der Waals surface area (Å²) in [6.07, 6.45) is 4.91. The maximum atomic E-state index is 5.95. The highest BCUT2D eigenvalue weighted by Crippen LogP contribution is 2.17. The summed E-state index contributed by atoms with van der Waals surface area (Å²) in [6.45, 7) is 4.57. The Morgan fingerprint density at radius 3 is 3.24 bits per heavy atom. The quantitative estimate of drug-likeness (QED) is 0.850. The molecular formula is C12H20N4O. The third kappa shape index (κ3) is 3.30. The van der Waals surface area contributed by atoms with E-state index in [-0.39, 0.29) is 6.04 Å². The van der Waals surface area contributed by atoms with Crippen molar-refractivity contribution in [3.8, 4) is 5.88 Å². The first-order valence-corrected chi connectivity index (χ1v) is 6.26. The molecule has 2 N–H and O–H groups in total. The van der Waals surface area contributed by atoms with Crippen molar-refractivity contribution in [1.29, 1.82) is 0 Å². The van der Waals surface area contributed by atoms with Gasteiger partial charge in [0.25, 0.3) is 0 Å². The molecule has 0 unspecified atom stereocenters. The topological polar surface area (TPSA) is 64.3 Å². The lowest BCUT2D eigenvalue weighted by Crippen LogP contribution is -2.43. The molecule has 17 heavy (non-hydrogen) atoms. The van der Waals surface area contributed by atoms with Gasteiger partial charge in [-0.25, -0.2) is 4.98 Å². The molecule has 2 heterocycles. The van der Waals surface area contributed by atoms with Gasteiger partial charge < -0.3 is 15.4 Å². The van der Waals surface area contributed by atoms with Gasteiger partial charge in [-0.2, -0.15) is 4.98 Å². The van der Waals surface area contributed by atoms with Crippen LogP contribution in [0.1, 0.15) is 26.2 Å². The van der Waals surface area contributed by atoms with E-state index in [1.807, 2.05) is 0 Å². The van der Waals surface area contributed by atoms with Gasteiger partial charge in [0, 0.05) is 31.4 Å². The SMILES string of the molecule is CCCOc1ccnc(N2CCC[C@@H](N)C2)n1. The van der Waals surface area contributed by atoms with Crippen LogP contribution in [0.5, 0.6) is 5.88 Å². The molecule has 1 aliphatic rings. The van der Waals surface area contributed by atoms with E-state index in [1.54, 1.807) is 12.3 Å². The Labute approximate surface area is 102 Å². The summed E-state index contributed by atoms with van der Waals surface area (Å²) in [4.78, 5) is 10.8. The molecule has 5 heteroatoms. The highest BCUT2D eigenvalue weighted by Gasteiger charge is 2.19. The molecule has 0 bridgehead atoms. The van der Waals surface area contributed by atoms with Crippen molar-refractivity contribution in [1.82, 2.24) is 9.97 Å². The van der Waals surface area contributed by atoms with E-state index in [0.29, 0.717) is 12.5 Å². The van der Waals surface area contributed by atoms with E-state index in [0.717, 1.165) is 38.3 Å². The first-order chi connectivity index (χ1) is 8.29. The summed E-state index contributed by atoms with van der Waals surface area (Å²) < 4.78 is 5.50. The molecule has 1 aromatic heterocycles. The molecular weight excluding hydrogens is 216 g/mol. The number of ether oxygens (including phenoxy) is 1. The van der Waals surface area contributed by atoms with Crippen LogP contribution in [-0.2, 0) is 0 Å². The monoisotopic (exact) mass is 236 g/mol. The zero-order valence-corrected chi connectivity index (χ0v) is 10.3. The lowest BCUT2D eigenvalue weighted by molar-refractivity contribution is 0.304. The van der Waals surface area contributed by atoms with Gasteiger partial charge in [-0.3, -0.25) is 0 Å². The molecule has 0 aliphatic carbocycles. The molecule has 1 fully saturated rings. The van der Waals surface area contributed by atoms with E-state index in [9.17, 15) is 0 Å². The van der Waals surface area contributed by atoms with Crippen molar-refractivity contribution in [2.45, 2.75) is 32.2 Å². The molecule has 0 saturated carbocycles. The van der Waals surface area contributed by atoms with Crippen LogP contribution in [0.15, 0.2) is 12.3 Å². The molecule has 2 rings (SSSR count). The average molecular weight is 236 g/mol. The number of aromatic nitrogens is 2. The van der Waals surface area contributed by atoms with Crippen molar-refractivity contribution in [3.63, 3.8) is 0 Å². The molecule has 0 spiro atoms. The largest absolute Gasteiger partial charge is 0.478 e. The molecule has 5 nitrogen and oxygen atoms in total. The zero-order chi connectivity index (χ0) is 12.1. The Kier molecular flexibility index (Phi) is 4.14. The van der Waals surface area contributed by atoms with E-state index in [4.69, 9.17) is 10.5 Å². The molecule has 1 atom stereocenters. The molecule has 94 valence electrons. The normalized spacial score (nSPS) is 20.4. The van der Waals surface area contributed by atoms with Gasteiger partial charge in [0.2, 0.25) is 11.8 Å². The Morgan fingerprint density at radius 1 is 1.59 bits per heavy atom. The van der Waals surface area contributed by atoms with E-state index >= 15 is 0 Å². The van der Waals surface area contributed by atoms with Gasteiger partial charge in [-0.15, -0.1) is 0 Å². The van der Waals surface area contributed by atoms with Crippen molar-refractivity contribution in [2.24, 2.45) is 5.73 Å². The van der Waals surface area contributed by atoms with Crippen LogP contribution in [-0.4, -0.2) is 35.7 Å². The second-order valence-corrected chi connectivity index (χ2v) is 4.39. The number of nitrogens with zero attached hydrogens (tertiary/aromatic N) is 3. The summed E-state index contributed by atoms with van der Waals surface area (Å²) >= 11 is 0. The molecule has 1 aliphatic heterocycles. The van der Waals surface area contributed by atoms with Crippen LogP contribution in [0.25, 0.3) is 0 Å². The van der Waals surface area contributed by atoms with Gasteiger partial charge in [-0.1, -0.05) is 6.92 Å². The van der Waals surface area contributed by atoms with Crippen LogP contribution < -0.4 is 15.4 Å². The Bertz CT molecular complexity index is 358. The number of rotatable bonds is 4. The highest BCUT2D eigenvalue weighted by molar-refractivity contribution is 5.33. The number of anilines is 1. The predicted molar refractivity (Wildman–Crippen MR) is 67.2 cm³/mol. The fourth-order valence-corrected chi connectivity index (χ4v) is 1.96. The third-order valence-corrected chi connectivity index (χ3v) is 2.81. The lowest BCUT2D eigenvalue weighted by Gasteiger charge is -2.30. The minimum absolute atomic E-state index is 0.229. The van der Waals surface area contributed by atoms with Gasteiger partial charge in [-0.05, 0) is 19.3 Å². The first kappa shape index (κ1) is 12.1. The molecule has 0 radical (unpaired) electrons. The van der Waals surface area contributed by atoms with E-state index < -0.39 is 0 Å². The van der Waals surface area contributed by atoms with E-state index in [1.165, 1.54) is 0 Å². The minimum Gasteiger partial charge on any atom is -0.478 e. The number of hydrogen-bond donors (Lipinski definition) is 1. The average Bonchev–Trinajstić information content (AvgIpc) is 2.37. The van der Waals surface area contributed by atoms with Crippen LogP contribution in [0.3, 0.4) is 0 Å². The maximum Gasteiger partial charge on any atom is 0.228 e. The molecule has 0 amide bonds. The summed E-state index contributed by atoms with van der Waals surface area (Å²) in [5, 5.41) is 0. The predicted octanol–water partition coefficient (Wildman–Crippen LogP) is 1.19. The maximum absolute atomic E-state index is 5.95. The summed E-state index contributed by atoms with van der Waals surface area (Å²) in [5.41, 5.74) is 5.95. The Balaban J connectivity index is 2.04. The number of piperidine rings is 1. The van der Waals surface area contributed by atoms with Crippen molar-refractivity contribution >= 4 is 5.95 Å². The molecule has 1 aromatic rings. The smallest absolute Gasteiger partial charge is 0.228 e. The van der Waals surface area contributed by atoms with Gasteiger partial charge in [0.15, 0.2) is 0 Å². The van der Waals surface area contributed by atoms with Crippen molar-refractivity contribution in [2.75, 3.05) is 24.6 Å². The van der Waals surface area contributed by atoms with Gasteiger partial charge >= 0.3 is 0 Å². The fraction of sp³-hybridized carbons (Fsp3) is 0.667. The second-order valence-electron chi connectivity index (χ2n) is 4.39. The minimum atomic E-state index is 0.229. The highest BCUT2D eigenvalue weighted by atomic mass is 16.5. The second kappa shape index (κ2) is 5.82. The zero-order valence-electron chi connectivity index (χ0n) is 10.3. The standard InChI is InChI=1S/C12H20N4O/c1-2-8-17-11-5-6-14-12(15-11)16-7-3-4-10(13)9-16/h5-6,10H,2-4,7-9,13H2,1H3/t10-/m1/s1. The lowest BCUT2D eigenvalue weighted by atomic mass is 10.1. The van der Waals surface area contributed by atoms with Crippen LogP contribution in [0.2, 0.25) is 0 Å². The van der Waals surface area contributed by atoms with Crippen LogP contribution >= 0.6 is 0 Å². The van der Waals surface area contributed by atoms with Crippen LogP contribution in [0, 0.1) is 0 Å². The summed E-state index contributed by atoms with van der Waals surface area (Å²) in [7, 11) is 0. The fourth-order valence-electron chi connectivity index (χ4n) is 1.96. The molecule has 1 saturated heterocycles. The van der Waals surface area contributed by atoms with Gasteiger partial charge in [0.05, 0.1) is 6.61 Å². The van der Waals surface area contributed by atoms with Crippen molar-refractivity contribution in [3.05, 3.63) is 12.3 Å². The molecule has 0 aromatic carbocycles. The summed E-state index contributed by atoms with van der Waals surface area (Å²) in [6, 6.07) is 2.02. The Hall–Kier alpha value is -1.36. The summed E-state index contributed by atoms with van der Waals surface area (Å²) in [5.74, 6) is 1.38. The van der Waals surface area contributed by atoms with E-state index in [2.05, 4.69) is 21.8 Å². The third-order valence-electron chi connectivity index (χ3n) is 2.81. The Morgan fingerprint density at radius 2 is 2.47 bits per heavy atom. The first-order valence-electron chi connectivity index (χ1n) is 6.26. The van der Waals surface area contributed by atoms with Gasteiger partial charge in [0.1, 0.15) is 0 Å². The van der Waals surface area contributed by atoms with Crippen LogP contribution in [0.4, 0.5) is 5.95 Å². The number of hydrogen-bond acceptors (Lipinski definition) is 5. The number of nitrogens with two attached hydrogens (primary N) is 1.